The minimum Gasteiger partial charge on any atom is -0.497 e. The molecule has 64 valence electrons. The summed E-state index contributed by atoms with van der Waals surface area (Å²) in [6.45, 7) is 0.377. The van der Waals surface area contributed by atoms with Crippen LogP contribution in [0.5, 0.6) is 5.75 Å². The summed E-state index contributed by atoms with van der Waals surface area (Å²) in [6, 6.07) is 5.35. The van der Waals surface area contributed by atoms with Gasteiger partial charge >= 0.3 is 0 Å². The van der Waals surface area contributed by atoms with Gasteiger partial charge in [-0.15, -0.1) is 0 Å². The summed E-state index contributed by atoms with van der Waals surface area (Å²) in [6.07, 6.45) is -0.870. The molecule has 0 bridgehead atoms. The normalized spacial score (nSPS) is 20.0. The van der Waals surface area contributed by atoms with Gasteiger partial charge in [-0.25, -0.2) is 4.39 Å². The number of rotatable bonds is 1. The van der Waals surface area contributed by atoms with Gasteiger partial charge in [0.1, 0.15) is 11.9 Å². The molecule has 0 radical (unpaired) electrons. The van der Waals surface area contributed by atoms with Gasteiger partial charge in [-0.3, -0.25) is 0 Å². The molecule has 0 saturated carbocycles. The average molecular weight is 167 g/mol. The molecule has 1 aromatic rings. The van der Waals surface area contributed by atoms with Crippen molar-refractivity contribution in [2.24, 2.45) is 0 Å². The van der Waals surface area contributed by atoms with Crippen molar-refractivity contribution in [2.75, 3.05) is 19.0 Å². The third kappa shape index (κ3) is 1.02. The number of hydrogen-bond donors (Lipinski definition) is 1. The van der Waals surface area contributed by atoms with Gasteiger partial charge in [-0.1, -0.05) is 6.07 Å². The Bertz CT molecular complexity index is 301. The third-order valence-electron chi connectivity index (χ3n) is 2.07. The molecule has 1 aliphatic rings. The van der Waals surface area contributed by atoms with Crippen LogP contribution in [0.1, 0.15) is 11.7 Å². The fourth-order valence-corrected chi connectivity index (χ4v) is 1.40. The number of ether oxygens (including phenoxy) is 1. The number of benzene rings is 1. The molecule has 0 aliphatic carbocycles. The molecule has 1 heterocycles. The lowest BCUT2D eigenvalue weighted by Crippen LogP contribution is -1.94. The minimum atomic E-state index is -0.870. The number of anilines is 1. The molecule has 1 unspecified atom stereocenters. The standard InChI is InChI=1S/C9H10FNO/c1-12-6-2-3-7-8(10)5-11-9(7)4-6/h2-4,8,11H,5H2,1H3. The topological polar surface area (TPSA) is 21.3 Å². The van der Waals surface area contributed by atoms with Crippen molar-refractivity contribution in [1.29, 1.82) is 0 Å². The van der Waals surface area contributed by atoms with E-state index in [0.29, 0.717) is 6.54 Å². The van der Waals surface area contributed by atoms with E-state index < -0.39 is 6.17 Å². The van der Waals surface area contributed by atoms with Crippen LogP contribution in [0.15, 0.2) is 18.2 Å². The molecule has 0 spiro atoms. The van der Waals surface area contributed by atoms with Gasteiger partial charge < -0.3 is 10.1 Å². The van der Waals surface area contributed by atoms with E-state index in [-0.39, 0.29) is 0 Å². The zero-order chi connectivity index (χ0) is 8.55. The quantitative estimate of drug-likeness (QED) is 0.691. The Hall–Kier alpha value is -1.25. The zero-order valence-electron chi connectivity index (χ0n) is 6.80. The summed E-state index contributed by atoms with van der Waals surface area (Å²) in [5.41, 5.74) is 1.58. The molecule has 12 heavy (non-hydrogen) atoms. The molecule has 2 nitrogen and oxygen atoms in total. The van der Waals surface area contributed by atoms with E-state index in [1.165, 1.54) is 0 Å². The number of hydrogen-bond acceptors (Lipinski definition) is 2. The van der Waals surface area contributed by atoms with Crippen LogP contribution in [0.2, 0.25) is 0 Å². The highest BCUT2D eigenvalue weighted by Gasteiger charge is 2.21. The molecule has 3 heteroatoms. The summed E-state index contributed by atoms with van der Waals surface area (Å²) in [4.78, 5) is 0. The first-order chi connectivity index (χ1) is 5.81. The summed E-state index contributed by atoms with van der Waals surface area (Å²) in [7, 11) is 1.60. The van der Waals surface area contributed by atoms with E-state index in [0.717, 1.165) is 17.0 Å². The van der Waals surface area contributed by atoms with Crippen molar-refractivity contribution < 1.29 is 9.13 Å². The second-order valence-corrected chi connectivity index (χ2v) is 2.80. The van der Waals surface area contributed by atoms with Crippen molar-refractivity contribution in [3.8, 4) is 5.75 Å². The molecular weight excluding hydrogens is 157 g/mol. The molecule has 1 aromatic carbocycles. The van der Waals surface area contributed by atoms with Crippen molar-refractivity contribution in [3.05, 3.63) is 23.8 Å². The Labute approximate surface area is 70.3 Å². The fraction of sp³-hybridized carbons (Fsp3) is 0.333. The van der Waals surface area contributed by atoms with Crippen LogP contribution >= 0.6 is 0 Å². The van der Waals surface area contributed by atoms with Crippen LogP contribution in [0.3, 0.4) is 0 Å². The summed E-state index contributed by atoms with van der Waals surface area (Å²) in [5, 5.41) is 2.97. The van der Waals surface area contributed by atoms with Crippen molar-refractivity contribution in [2.45, 2.75) is 6.17 Å². The van der Waals surface area contributed by atoms with Gasteiger partial charge in [0.25, 0.3) is 0 Å². The minimum absolute atomic E-state index is 0.377. The Morgan fingerprint density at radius 3 is 3.17 bits per heavy atom. The smallest absolute Gasteiger partial charge is 0.144 e. The summed E-state index contributed by atoms with van der Waals surface area (Å²) < 4.78 is 18.1. The highest BCUT2D eigenvalue weighted by Crippen LogP contribution is 2.34. The maximum Gasteiger partial charge on any atom is 0.144 e. The van der Waals surface area contributed by atoms with Crippen molar-refractivity contribution >= 4 is 5.69 Å². The first-order valence-electron chi connectivity index (χ1n) is 3.87. The first kappa shape index (κ1) is 7.40. The monoisotopic (exact) mass is 167 g/mol. The van der Waals surface area contributed by atoms with Crippen LogP contribution in [0, 0.1) is 0 Å². The number of halogens is 1. The molecule has 0 saturated heterocycles. The molecule has 1 atom stereocenters. The van der Waals surface area contributed by atoms with Crippen LogP contribution in [0.4, 0.5) is 10.1 Å². The number of alkyl halides is 1. The van der Waals surface area contributed by atoms with Gasteiger partial charge in [0.05, 0.1) is 13.7 Å². The average Bonchev–Trinajstić information content (AvgIpc) is 2.47. The fourth-order valence-electron chi connectivity index (χ4n) is 1.40. The first-order valence-corrected chi connectivity index (χ1v) is 3.87. The molecule has 0 fully saturated rings. The molecule has 0 amide bonds. The van der Waals surface area contributed by atoms with Crippen molar-refractivity contribution in [1.82, 2.24) is 0 Å². The Morgan fingerprint density at radius 1 is 1.58 bits per heavy atom. The maximum absolute atomic E-state index is 13.0. The lowest BCUT2D eigenvalue weighted by molar-refractivity contribution is 0.373. The third-order valence-corrected chi connectivity index (χ3v) is 2.07. The highest BCUT2D eigenvalue weighted by atomic mass is 19.1. The van der Waals surface area contributed by atoms with Crippen LogP contribution < -0.4 is 10.1 Å². The SMILES string of the molecule is COc1ccc2c(c1)NCC2F. The molecule has 1 N–H and O–H groups in total. The highest BCUT2D eigenvalue weighted by molar-refractivity contribution is 5.59. The van der Waals surface area contributed by atoms with E-state index in [1.54, 1.807) is 19.2 Å². The second kappa shape index (κ2) is 2.66. The summed E-state index contributed by atoms with van der Waals surface area (Å²) in [5.74, 6) is 0.760. The van der Waals surface area contributed by atoms with E-state index >= 15 is 0 Å². The van der Waals surface area contributed by atoms with E-state index in [2.05, 4.69) is 5.32 Å². The van der Waals surface area contributed by atoms with E-state index in [1.807, 2.05) is 6.07 Å². The molecule has 2 rings (SSSR count). The molecular formula is C9H10FNO. The summed E-state index contributed by atoms with van der Waals surface area (Å²) >= 11 is 0. The maximum atomic E-state index is 13.0. The number of fused-ring (bicyclic) bond motifs is 1. The van der Waals surface area contributed by atoms with Crippen LogP contribution in [-0.2, 0) is 0 Å². The Balaban J connectivity index is 2.41. The van der Waals surface area contributed by atoms with Gasteiger partial charge in [-0.05, 0) is 6.07 Å². The Kier molecular flexibility index (Phi) is 1.64. The van der Waals surface area contributed by atoms with Crippen LogP contribution in [0.25, 0.3) is 0 Å². The van der Waals surface area contributed by atoms with Crippen LogP contribution in [-0.4, -0.2) is 13.7 Å². The largest absolute Gasteiger partial charge is 0.497 e. The van der Waals surface area contributed by atoms with Crippen molar-refractivity contribution in [3.63, 3.8) is 0 Å². The second-order valence-electron chi connectivity index (χ2n) is 2.80. The number of nitrogens with one attached hydrogen (secondary N) is 1. The predicted octanol–water partition coefficient (Wildman–Crippen LogP) is 2.13. The zero-order valence-corrected chi connectivity index (χ0v) is 6.80. The lowest BCUT2D eigenvalue weighted by atomic mass is 10.1. The molecule has 0 aromatic heterocycles. The van der Waals surface area contributed by atoms with Gasteiger partial charge in [0.15, 0.2) is 0 Å². The number of methoxy groups -OCH3 is 1. The Morgan fingerprint density at radius 2 is 2.42 bits per heavy atom. The van der Waals surface area contributed by atoms with Gasteiger partial charge in [0.2, 0.25) is 0 Å². The van der Waals surface area contributed by atoms with E-state index in [9.17, 15) is 4.39 Å². The lowest BCUT2D eigenvalue weighted by Gasteiger charge is -2.03. The van der Waals surface area contributed by atoms with Gasteiger partial charge in [0, 0.05) is 17.3 Å². The molecule has 1 aliphatic heterocycles. The predicted molar refractivity (Wildman–Crippen MR) is 45.3 cm³/mol. The van der Waals surface area contributed by atoms with E-state index in [4.69, 9.17) is 4.74 Å². The van der Waals surface area contributed by atoms with Gasteiger partial charge in [-0.2, -0.15) is 0 Å².